The molecular weight excluding hydrogens is 254 g/mol. The number of rotatable bonds is 6. The van der Waals surface area contributed by atoms with Crippen LogP contribution in [0.3, 0.4) is 0 Å². The smallest absolute Gasteiger partial charge is 0.339 e. The van der Waals surface area contributed by atoms with Crippen LogP contribution < -0.4 is 9.64 Å². The lowest BCUT2D eigenvalue weighted by atomic mass is 10.1. The Hall–Kier alpha value is -1.71. The minimum absolute atomic E-state index is 0.268. The van der Waals surface area contributed by atoms with Crippen molar-refractivity contribution in [1.82, 2.24) is 0 Å². The SMILES string of the molecule is CCCCOc1ccc(N2CCCCC2)cc1C(=O)O. The van der Waals surface area contributed by atoms with Crippen molar-refractivity contribution in [1.29, 1.82) is 0 Å². The number of carbonyl (C=O) groups is 1. The Labute approximate surface area is 120 Å². The summed E-state index contributed by atoms with van der Waals surface area (Å²) < 4.78 is 5.58. The highest BCUT2D eigenvalue weighted by atomic mass is 16.5. The average molecular weight is 277 g/mol. The van der Waals surface area contributed by atoms with E-state index in [1.807, 2.05) is 6.07 Å². The van der Waals surface area contributed by atoms with Crippen LogP contribution in [-0.4, -0.2) is 30.8 Å². The van der Waals surface area contributed by atoms with E-state index in [1.165, 1.54) is 19.3 Å². The predicted molar refractivity (Wildman–Crippen MR) is 79.9 cm³/mol. The van der Waals surface area contributed by atoms with Crippen molar-refractivity contribution < 1.29 is 14.6 Å². The summed E-state index contributed by atoms with van der Waals surface area (Å²) in [4.78, 5) is 13.6. The second-order valence-corrected chi connectivity index (χ2v) is 5.24. The number of ether oxygens (including phenoxy) is 1. The summed E-state index contributed by atoms with van der Waals surface area (Å²) >= 11 is 0. The summed E-state index contributed by atoms with van der Waals surface area (Å²) in [5, 5.41) is 9.35. The van der Waals surface area contributed by atoms with E-state index in [9.17, 15) is 9.90 Å². The van der Waals surface area contributed by atoms with Gasteiger partial charge in [-0.25, -0.2) is 4.79 Å². The number of anilines is 1. The number of nitrogens with zero attached hydrogens (tertiary/aromatic N) is 1. The summed E-state index contributed by atoms with van der Waals surface area (Å²) in [6, 6.07) is 5.51. The fourth-order valence-corrected chi connectivity index (χ4v) is 2.49. The van der Waals surface area contributed by atoms with Crippen molar-refractivity contribution in [2.45, 2.75) is 39.0 Å². The largest absolute Gasteiger partial charge is 0.493 e. The highest BCUT2D eigenvalue weighted by Gasteiger charge is 2.16. The third-order valence-electron chi connectivity index (χ3n) is 3.67. The topological polar surface area (TPSA) is 49.8 Å². The van der Waals surface area contributed by atoms with Gasteiger partial charge in [0, 0.05) is 18.8 Å². The standard InChI is InChI=1S/C16H23NO3/c1-2-3-11-20-15-8-7-13(12-14(15)16(18)19)17-9-5-4-6-10-17/h7-8,12H,2-6,9-11H2,1H3,(H,18,19). The molecule has 1 N–H and O–H groups in total. The van der Waals surface area contributed by atoms with E-state index in [1.54, 1.807) is 12.1 Å². The summed E-state index contributed by atoms with van der Waals surface area (Å²) in [6.45, 7) is 4.67. The number of benzene rings is 1. The Balaban J connectivity index is 2.15. The number of aromatic carboxylic acids is 1. The molecule has 1 aliphatic rings. The fourth-order valence-electron chi connectivity index (χ4n) is 2.49. The zero-order valence-electron chi connectivity index (χ0n) is 12.1. The minimum Gasteiger partial charge on any atom is -0.493 e. The van der Waals surface area contributed by atoms with Crippen LogP contribution in [-0.2, 0) is 0 Å². The molecule has 1 saturated heterocycles. The van der Waals surface area contributed by atoms with Crippen molar-refractivity contribution in [3.8, 4) is 5.75 Å². The van der Waals surface area contributed by atoms with Crippen molar-refractivity contribution in [2.75, 3.05) is 24.6 Å². The van der Waals surface area contributed by atoms with E-state index in [0.717, 1.165) is 31.6 Å². The Morgan fingerprint density at radius 1 is 1.30 bits per heavy atom. The van der Waals surface area contributed by atoms with E-state index >= 15 is 0 Å². The van der Waals surface area contributed by atoms with Gasteiger partial charge in [0.15, 0.2) is 0 Å². The second-order valence-electron chi connectivity index (χ2n) is 5.24. The molecule has 0 saturated carbocycles. The number of unbranched alkanes of at least 4 members (excludes halogenated alkanes) is 1. The summed E-state index contributed by atoms with van der Waals surface area (Å²) in [7, 11) is 0. The van der Waals surface area contributed by atoms with Crippen molar-refractivity contribution in [3.63, 3.8) is 0 Å². The van der Waals surface area contributed by atoms with Gasteiger partial charge in [-0.3, -0.25) is 0 Å². The van der Waals surface area contributed by atoms with Crippen LogP contribution in [0, 0.1) is 0 Å². The molecule has 0 amide bonds. The minimum atomic E-state index is -0.921. The Kier molecular flexibility index (Phi) is 5.27. The van der Waals surface area contributed by atoms with Crippen molar-refractivity contribution >= 4 is 11.7 Å². The lowest BCUT2D eigenvalue weighted by molar-refractivity contribution is 0.0692. The van der Waals surface area contributed by atoms with Crippen LogP contribution in [0.1, 0.15) is 49.4 Å². The molecule has 1 aromatic carbocycles. The number of hydrogen-bond acceptors (Lipinski definition) is 3. The predicted octanol–water partition coefficient (Wildman–Crippen LogP) is 3.55. The van der Waals surface area contributed by atoms with E-state index in [0.29, 0.717) is 12.4 Å². The molecule has 0 aromatic heterocycles. The molecule has 4 nitrogen and oxygen atoms in total. The maximum Gasteiger partial charge on any atom is 0.339 e. The number of piperidine rings is 1. The van der Waals surface area contributed by atoms with Crippen LogP contribution in [0.5, 0.6) is 5.75 Å². The van der Waals surface area contributed by atoms with Gasteiger partial charge in [-0.2, -0.15) is 0 Å². The molecule has 0 radical (unpaired) electrons. The highest BCUT2D eigenvalue weighted by Crippen LogP contribution is 2.27. The Morgan fingerprint density at radius 2 is 2.05 bits per heavy atom. The first-order valence-corrected chi connectivity index (χ1v) is 7.47. The Morgan fingerprint density at radius 3 is 2.70 bits per heavy atom. The molecule has 1 aliphatic heterocycles. The maximum absolute atomic E-state index is 11.4. The van der Waals surface area contributed by atoms with Gasteiger partial charge in [0.1, 0.15) is 11.3 Å². The first-order valence-electron chi connectivity index (χ1n) is 7.47. The molecule has 0 aliphatic carbocycles. The average Bonchev–Trinajstić information content (AvgIpc) is 2.48. The molecule has 1 aromatic rings. The summed E-state index contributed by atoms with van der Waals surface area (Å²) in [5.74, 6) is -0.443. The van der Waals surface area contributed by atoms with Crippen molar-refractivity contribution in [3.05, 3.63) is 23.8 Å². The quantitative estimate of drug-likeness (QED) is 0.808. The lowest BCUT2D eigenvalue weighted by Gasteiger charge is -2.29. The molecule has 0 atom stereocenters. The fraction of sp³-hybridized carbons (Fsp3) is 0.562. The third kappa shape index (κ3) is 3.65. The summed E-state index contributed by atoms with van der Waals surface area (Å²) in [5.41, 5.74) is 1.26. The first kappa shape index (κ1) is 14.7. The van der Waals surface area contributed by atoms with Crippen LogP contribution in [0.15, 0.2) is 18.2 Å². The molecule has 2 rings (SSSR count). The van der Waals surface area contributed by atoms with Gasteiger partial charge in [0.25, 0.3) is 0 Å². The number of carboxylic acid groups (broad SMARTS) is 1. The van der Waals surface area contributed by atoms with Gasteiger partial charge < -0.3 is 14.7 Å². The Bertz CT molecular complexity index is 453. The molecule has 0 spiro atoms. The molecule has 1 heterocycles. The highest BCUT2D eigenvalue weighted by molar-refractivity contribution is 5.92. The van der Waals surface area contributed by atoms with Crippen LogP contribution in [0.25, 0.3) is 0 Å². The molecular formula is C16H23NO3. The zero-order chi connectivity index (χ0) is 14.4. The summed E-state index contributed by atoms with van der Waals surface area (Å²) in [6.07, 6.45) is 5.59. The van der Waals surface area contributed by atoms with Crippen molar-refractivity contribution in [2.24, 2.45) is 0 Å². The van der Waals surface area contributed by atoms with Crippen LogP contribution in [0.2, 0.25) is 0 Å². The van der Waals surface area contributed by atoms with Gasteiger partial charge in [-0.1, -0.05) is 13.3 Å². The molecule has 20 heavy (non-hydrogen) atoms. The zero-order valence-corrected chi connectivity index (χ0v) is 12.1. The van der Waals surface area contributed by atoms with E-state index in [4.69, 9.17) is 4.74 Å². The van der Waals surface area contributed by atoms with Gasteiger partial charge in [0.05, 0.1) is 6.61 Å². The number of carboxylic acids is 1. The van der Waals surface area contributed by atoms with Crippen LogP contribution in [0.4, 0.5) is 5.69 Å². The molecule has 4 heteroatoms. The maximum atomic E-state index is 11.4. The molecule has 1 fully saturated rings. The molecule has 0 unspecified atom stereocenters. The lowest BCUT2D eigenvalue weighted by Crippen LogP contribution is -2.29. The molecule has 110 valence electrons. The first-order chi connectivity index (χ1) is 9.72. The van der Waals surface area contributed by atoms with Gasteiger partial charge in [-0.05, 0) is 43.9 Å². The third-order valence-corrected chi connectivity index (χ3v) is 3.67. The van der Waals surface area contributed by atoms with Crippen LogP contribution >= 0.6 is 0 Å². The van der Waals surface area contributed by atoms with Gasteiger partial charge in [-0.15, -0.1) is 0 Å². The second kappa shape index (κ2) is 7.17. The number of hydrogen-bond donors (Lipinski definition) is 1. The van der Waals surface area contributed by atoms with Gasteiger partial charge >= 0.3 is 5.97 Å². The monoisotopic (exact) mass is 277 g/mol. The van der Waals surface area contributed by atoms with E-state index < -0.39 is 5.97 Å². The van der Waals surface area contributed by atoms with E-state index in [-0.39, 0.29) is 5.56 Å². The molecule has 0 bridgehead atoms. The normalized spacial score (nSPS) is 15.2. The van der Waals surface area contributed by atoms with Gasteiger partial charge in [0.2, 0.25) is 0 Å². The van der Waals surface area contributed by atoms with E-state index in [2.05, 4.69) is 11.8 Å².